The number of rotatable bonds is 10. The maximum absolute atomic E-state index is 13.2. The number of nitrogens with zero attached hydrogens (tertiary/aromatic N) is 1. The Morgan fingerprint density at radius 2 is 1.94 bits per heavy atom. The fraction of sp³-hybridized carbons (Fsp3) is 0.950. The van der Waals surface area contributed by atoms with Crippen molar-refractivity contribution in [2.45, 2.75) is 80.3 Å². The Kier molecular flexibility index (Phi) is 13.0. The Labute approximate surface area is 200 Å². The van der Waals surface area contributed by atoms with Gasteiger partial charge in [-0.05, 0) is 32.1 Å². The molecule has 0 bridgehead atoms. The van der Waals surface area contributed by atoms with Crippen molar-refractivity contribution in [1.82, 2.24) is 10.2 Å². The molecule has 0 aromatic carbocycles. The zero-order valence-electron chi connectivity index (χ0n) is 18.7. The molecule has 2 fully saturated rings. The molecule has 0 aromatic heterocycles. The molecule has 2 heterocycles. The van der Waals surface area contributed by atoms with Gasteiger partial charge in [-0.25, -0.2) is 0 Å². The van der Waals surface area contributed by atoms with Gasteiger partial charge in [0.2, 0.25) is 5.91 Å². The van der Waals surface area contributed by atoms with Gasteiger partial charge >= 0.3 is 0 Å². The summed E-state index contributed by atoms with van der Waals surface area (Å²) in [4.78, 5) is 15.2. The van der Waals surface area contributed by atoms with Crippen molar-refractivity contribution in [1.29, 1.82) is 0 Å². The second-order valence-corrected chi connectivity index (χ2v) is 10.8. The molecule has 8 nitrogen and oxygen atoms in total. The van der Waals surface area contributed by atoms with Gasteiger partial charge in [-0.15, -0.1) is 24.2 Å². The van der Waals surface area contributed by atoms with Gasteiger partial charge in [0.15, 0.2) is 0 Å². The van der Waals surface area contributed by atoms with Crippen LogP contribution in [-0.2, 0) is 9.53 Å². The number of aliphatic hydroxyl groups excluding tert-OH is 4. The molecule has 1 amide bonds. The van der Waals surface area contributed by atoms with Crippen LogP contribution in [-0.4, -0.2) is 111 Å². The molecular weight excluding hydrogens is 464 g/mol. The molecule has 31 heavy (non-hydrogen) atoms. The SMILES string of the molecule is CCC[C@@H]1C[C@@H](C(=O)N[C@@H]([C@H]2O[C@H](SC)[C@H](O)[C@@H](O)[C@H]2O)[C@@H](C)SCCO)N(C)C1.Cl. The molecule has 0 saturated carbocycles. The van der Waals surface area contributed by atoms with E-state index in [1.807, 2.05) is 14.0 Å². The van der Waals surface area contributed by atoms with Crippen LogP contribution in [0, 0.1) is 5.92 Å². The Morgan fingerprint density at radius 3 is 2.52 bits per heavy atom. The van der Waals surface area contributed by atoms with Gasteiger partial charge in [-0.3, -0.25) is 9.69 Å². The molecule has 184 valence electrons. The van der Waals surface area contributed by atoms with E-state index in [1.54, 1.807) is 6.26 Å². The maximum atomic E-state index is 13.2. The first-order valence-corrected chi connectivity index (χ1v) is 13.0. The number of halogens is 1. The molecule has 0 unspecified atom stereocenters. The van der Waals surface area contributed by atoms with Crippen LogP contribution in [0.15, 0.2) is 0 Å². The number of likely N-dealkylation sites (tertiary alicyclic amines) is 1. The minimum Gasteiger partial charge on any atom is -0.396 e. The maximum Gasteiger partial charge on any atom is 0.237 e. The third kappa shape index (κ3) is 7.35. The number of hydrogen-bond acceptors (Lipinski definition) is 9. The van der Waals surface area contributed by atoms with Crippen LogP contribution in [0.3, 0.4) is 0 Å². The van der Waals surface area contributed by atoms with Gasteiger partial charge in [-0.2, -0.15) is 11.8 Å². The molecule has 2 aliphatic heterocycles. The molecule has 11 heteroatoms. The Balaban J connectivity index is 0.00000480. The Hall–Kier alpha value is 0.220. The number of thioether (sulfide) groups is 2. The van der Waals surface area contributed by atoms with E-state index in [0.29, 0.717) is 11.7 Å². The van der Waals surface area contributed by atoms with Crippen molar-refractivity contribution < 1.29 is 30.0 Å². The lowest BCUT2D eigenvalue weighted by atomic mass is 9.92. The van der Waals surface area contributed by atoms with Gasteiger partial charge in [0.25, 0.3) is 0 Å². The first kappa shape index (κ1) is 29.3. The summed E-state index contributed by atoms with van der Waals surface area (Å²) >= 11 is 2.71. The van der Waals surface area contributed by atoms with Crippen LogP contribution in [0.2, 0.25) is 0 Å². The van der Waals surface area contributed by atoms with E-state index in [-0.39, 0.29) is 36.2 Å². The zero-order chi connectivity index (χ0) is 22.4. The fourth-order valence-corrected chi connectivity index (χ4v) is 6.05. The lowest BCUT2D eigenvalue weighted by Gasteiger charge is -2.44. The third-order valence-electron chi connectivity index (χ3n) is 6.11. The predicted molar refractivity (Wildman–Crippen MR) is 128 cm³/mol. The van der Waals surface area contributed by atoms with Crippen LogP contribution >= 0.6 is 35.9 Å². The number of aliphatic hydroxyl groups is 4. The normalized spacial score (nSPS) is 35.9. The summed E-state index contributed by atoms with van der Waals surface area (Å²) in [5, 5.41) is 43.3. The van der Waals surface area contributed by atoms with Crippen LogP contribution in [0.4, 0.5) is 0 Å². The largest absolute Gasteiger partial charge is 0.396 e. The molecule has 9 atom stereocenters. The molecule has 2 saturated heterocycles. The van der Waals surface area contributed by atoms with E-state index in [2.05, 4.69) is 17.1 Å². The quantitative estimate of drug-likeness (QED) is 0.287. The number of ether oxygens (including phenoxy) is 1. The predicted octanol–water partition coefficient (Wildman–Crippen LogP) is 0.298. The molecule has 0 spiro atoms. The van der Waals surface area contributed by atoms with Crippen LogP contribution in [0.5, 0.6) is 0 Å². The third-order valence-corrected chi connectivity index (χ3v) is 8.21. The van der Waals surface area contributed by atoms with Gasteiger partial charge in [0.1, 0.15) is 29.9 Å². The van der Waals surface area contributed by atoms with Crippen molar-refractivity contribution in [2.24, 2.45) is 5.92 Å². The van der Waals surface area contributed by atoms with Crippen LogP contribution < -0.4 is 5.32 Å². The van der Waals surface area contributed by atoms with E-state index in [0.717, 1.165) is 25.8 Å². The van der Waals surface area contributed by atoms with Crippen molar-refractivity contribution in [3.05, 3.63) is 0 Å². The average molecular weight is 503 g/mol. The molecule has 2 aliphatic rings. The van der Waals surface area contributed by atoms with Crippen molar-refractivity contribution in [3.8, 4) is 0 Å². The Bertz CT molecular complexity index is 550. The highest BCUT2D eigenvalue weighted by molar-refractivity contribution is 8.00. The number of hydrogen-bond donors (Lipinski definition) is 5. The van der Waals surface area contributed by atoms with Crippen LogP contribution in [0.25, 0.3) is 0 Å². The summed E-state index contributed by atoms with van der Waals surface area (Å²) in [6, 6.07) is -0.828. The number of nitrogens with one attached hydrogen (secondary N) is 1. The summed E-state index contributed by atoms with van der Waals surface area (Å²) in [7, 11) is 1.95. The van der Waals surface area contributed by atoms with Gasteiger partial charge in [-0.1, -0.05) is 20.3 Å². The van der Waals surface area contributed by atoms with E-state index in [1.165, 1.54) is 23.5 Å². The smallest absolute Gasteiger partial charge is 0.237 e. The van der Waals surface area contributed by atoms with E-state index < -0.39 is 35.9 Å². The van der Waals surface area contributed by atoms with Gasteiger partial charge in [0.05, 0.1) is 18.7 Å². The second-order valence-electron chi connectivity index (χ2n) is 8.36. The number of carbonyl (C=O) groups is 1. The molecule has 5 N–H and O–H groups in total. The highest BCUT2D eigenvalue weighted by Crippen LogP contribution is 2.32. The van der Waals surface area contributed by atoms with Crippen LogP contribution in [0.1, 0.15) is 33.1 Å². The summed E-state index contributed by atoms with van der Waals surface area (Å²) in [6.45, 7) is 4.94. The highest BCUT2D eigenvalue weighted by atomic mass is 35.5. The standard InChI is InChI=1S/C20H38N2O6S2.ClH/c1-5-6-12-9-13(22(3)10-12)19(27)21-14(11(2)30-8-7-23)18-16(25)15(24)17(26)20(28-18)29-4;/h11-18,20,23-26H,5-10H2,1-4H3,(H,21,27);1H/t11-,12-,13+,14-,15+,16-,17-,18-,20-;/m1./s1. The summed E-state index contributed by atoms with van der Waals surface area (Å²) in [6.07, 6.45) is -0.0490. The molecule has 0 aromatic rings. The second kappa shape index (κ2) is 13.8. The van der Waals surface area contributed by atoms with E-state index >= 15 is 0 Å². The zero-order valence-corrected chi connectivity index (χ0v) is 21.2. The lowest BCUT2D eigenvalue weighted by molar-refractivity contribution is -0.205. The minimum atomic E-state index is -1.36. The van der Waals surface area contributed by atoms with Crippen molar-refractivity contribution in [3.63, 3.8) is 0 Å². The van der Waals surface area contributed by atoms with E-state index in [4.69, 9.17) is 4.74 Å². The number of amides is 1. The minimum absolute atomic E-state index is 0. The molecule has 2 rings (SSSR count). The summed E-state index contributed by atoms with van der Waals surface area (Å²) < 4.78 is 5.94. The first-order valence-electron chi connectivity index (χ1n) is 10.7. The molecule has 0 radical (unpaired) electrons. The summed E-state index contributed by atoms with van der Waals surface area (Å²) in [5.41, 5.74) is -0.703. The topological polar surface area (TPSA) is 122 Å². The van der Waals surface area contributed by atoms with Gasteiger partial charge < -0.3 is 30.5 Å². The molecule has 0 aliphatic carbocycles. The average Bonchev–Trinajstić information content (AvgIpc) is 3.09. The molecular formula is C20H39ClN2O6S2. The highest BCUT2D eigenvalue weighted by Gasteiger charge is 2.48. The van der Waals surface area contributed by atoms with Gasteiger partial charge in [0, 0.05) is 17.5 Å². The van der Waals surface area contributed by atoms with Crippen molar-refractivity contribution in [2.75, 3.05) is 32.2 Å². The fourth-order valence-electron chi connectivity index (χ4n) is 4.46. The lowest BCUT2D eigenvalue weighted by Crippen LogP contribution is -2.65. The summed E-state index contributed by atoms with van der Waals surface area (Å²) in [5.74, 6) is 0.856. The first-order chi connectivity index (χ1) is 14.2. The van der Waals surface area contributed by atoms with Crippen molar-refractivity contribution >= 4 is 41.8 Å². The van der Waals surface area contributed by atoms with E-state index in [9.17, 15) is 25.2 Å². The Morgan fingerprint density at radius 1 is 1.26 bits per heavy atom. The monoisotopic (exact) mass is 502 g/mol. The number of carbonyl (C=O) groups excluding carboxylic acids is 1. The number of likely N-dealkylation sites (N-methyl/N-ethyl adjacent to an activating group) is 1.